The second kappa shape index (κ2) is 9.71. The van der Waals surface area contributed by atoms with E-state index in [0.717, 1.165) is 23.3 Å². The van der Waals surface area contributed by atoms with Crippen molar-refractivity contribution in [2.75, 3.05) is 19.0 Å². The first-order chi connectivity index (χ1) is 13.6. The van der Waals surface area contributed by atoms with E-state index in [1.165, 1.54) is 12.4 Å². The van der Waals surface area contributed by atoms with Gasteiger partial charge in [-0.2, -0.15) is 0 Å². The van der Waals surface area contributed by atoms with Gasteiger partial charge in [0.1, 0.15) is 5.75 Å². The first-order valence-electron chi connectivity index (χ1n) is 8.85. The fourth-order valence-electron chi connectivity index (χ4n) is 2.57. The van der Waals surface area contributed by atoms with Gasteiger partial charge in [-0.25, -0.2) is 9.97 Å². The van der Waals surface area contributed by atoms with Gasteiger partial charge in [-0.15, -0.1) is 0 Å². The van der Waals surface area contributed by atoms with E-state index in [1.807, 2.05) is 36.4 Å². The van der Waals surface area contributed by atoms with Crippen molar-refractivity contribution in [3.63, 3.8) is 0 Å². The van der Waals surface area contributed by atoms with Crippen molar-refractivity contribution >= 4 is 23.5 Å². The Balaban J connectivity index is 1.47. The number of carbonyl (C=O) groups excluding carboxylic acids is 1. The van der Waals surface area contributed by atoms with Crippen LogP contribution in [-0.4, -0.2) is 29.5 Å². The summed E-state index contributed by atoms with van der Waals surface area (Å²) in [5.74, 6) is 1.10. The minimum atomic E-state index is -0.224. The van der Waals surface area contributed by atoms with Crippen molar-refractivity contribution in [3.05, 3.63) is 82.6 Å². The van der Waals surface area contributed by atoms with Gasteiger partial charge in [0.25, 0.3) is 5.91 Å². The summed E-state index contributed by atoms with van der Waals surface area (Å²) in [4.78, 5) is 20.6. The number of nitrogens with one attached hydrogen (secondary N) is 2. The number of hydrogen-bond acceptors (Lipinski definition) is 5. The molecule has 0 aliphatic rings. The summed E-state index contributed by atoms with van der Waals surface area (Å²) in [6, 6.07) is 15.2. The Kier molecular flexibility index (Phi) is 6.81. The summed E-state index contributed by atoms with van der Waals surface area (Å²) in [5, 5.41) is 6.65. The molecule has 6 nitrogen and oxygen atoms in total. The molecule has 2 N–H and O–H groups in total. The maximum Gasteiger partial charge on any atom is 0.254 e. The highest BCUT2D eigenvalue weighted by Crippen LogP contribution is 2.13. The number of nitrogens with zero attached hydrogens (tertiary/aromatic N) is 2. The number of hydrogen-bond donors (Lipinski definition) is 2. The van der Waals surface area contributed by atoms with Gasteiger partial charge < -0.3 is 15.4 Å². The Bertz CT molecular complexity index is 914. The van der Waals surface area contributed by atoms with E-state index in [1.54, 1.807) is 19.2 Å². The smallest absolute Gasteiger partial charge is 0.254 e. The number of methoxy groups -OCH3 is 1. The lowest BCUT2D eigenvalue weighted by Gasteiger charge is -2.08. The lowest BCUT2D eigenvalue weighted by Crippen LogP contribution is -2.23. The first-order valence-corrected chi connectivity index (χ1v) is 9.23. The molecule has 0 spiro atoms. The Hall–Kier alpha value is -3.12. The summed E-state index contributed by atoms with van der Waals surface area (Å²) in [5.41, 5.74) is 2.53. The molecule has 0 radical (unpaired) electrons. The van der Waals surface area contributed by atoms with Crippen LogP contribution in [0.5, 0.6) is 5.75 Å². The number of rotatable bonds is 8. The molecule has 3 aromatic rings. The van der Waals surface area contributed by atoms with Crippen molar-refractivity contribution < 1.29 is 9.53 Å². The van der Waals surface area contributed by atoms with Gasteiger partial charge in [0, 0.05) is 30.5 Å². The molecule has 144 valence electrons. The minimum absolute atomic E-state index is 0.224. The molecule has 1 heterocycles. The first kappa shape index (κ1) is 19.6. The molecule has 0 saturated carbocycles. The summed E-state index contributed by atoms with van der Waals surface area (Å²) in [6.07, 6.45) is 3.83. The Morgan fingerprint density at radius 1 is 1.07 bits per heavy atom. The van der Waals surface area contributed by atoms with E-state index < -0.39 is 0 Å². The molecule has 7 heteroatoms. The zero-order valence-electron chi connectivity index (χ0n) is 15.5. The van der Waals surface area contributed by atoms with Gasteiger partial charge in [-0.3, -0.25) is 4.79 Å². The van der Waals surface area contributed by atoms with Crippen molar-refractivity contribution in [3.8, 4) is 5.75 Å². The second-order valence-electron chi connectivity index (χ2n) is 6.13. The molecule has 0 aliphatic heterocycles. The topological polar surface area (TPSA) is 76.1 Å². The highest BCUT2D eigenvalue weighted by Gasteiger charge is 2.07. The van der Waals surface area contributed by atoms with Gasteiger partial charge in [0.2, 0.25) is 5.95 Å². The quantitative estimate of drug-likeness (QED) is 0.606. The molecular formula is C21H21ClN4O2. The third-order valence-corrected chi connectivity index (χ3v) is 4.36. The summed E-state index contributed by atoms with van der Waals surface area (Å²) < 4.78 is 5.22. The minimum Gasteiger partial charge on any atom is -0.497 e. The molecule has 2 aromatic carbocycles. The molecule has 3 rings (SSSR count). The van der Waals surface area contributed by atoms with Crippen LogP contribution in [0, 0.1) is 0 Å². The molecule has 0 aliphatic carbocycles. The van der Waals surface area contributed by atoms with Gasteiger partial charge in [-0.05, 0) is 41.8 Å². The molecule has 0 atom stereocenters. The Morgan fingerprint density at radius 3 is 2.54 bits per heavy atom. The predicted octanol–water partition coefficient (Wildman–Crippen LogP) is 3.72. The largest absolute Gasteiger partial charge is 0.497 e. The third kappa shape index (κ3) is 5.69. The molecule has 1 amide bonds. The summed E-state index contributed by atoms with van der Waals surface area (Å²) in [6.45, 7) is 1.09. The van der Waals surface area contributed by atoms with E-state index in [4.69, 9.17) is 16.3 Å². The average Bonchev–Trinajstić information content (AvgIpc) is 2.74. The van der Waals surface area contributed by atoms with E-state index in [9.17, 15) is 4.79 Å². The number of carbonyl (C=O) groups is 1. The standard InChI is InChI=1S/C21H21ClN4O2/c1-28-19-4-2-3-15(11-19)9-10-23-21-25-13-17(14-26-21)20(27)24-12-16-5-7-18(22)8-6-16/h2-8,11,13-14H,9-10,12H2,1H3,(H,24,27)(H,23,25,26). The van der Waals surface area contributed by atoms with Crippen LogP contribution in [0.4, 0.5) is 5.95 Å². The van der Waals surface area contributed by atoms with Crippen LogP contribution in [-0.2, 0) is 13.0 Å². The second-order valence-corrected chi connectivity index (χ2v) is 6.57. The van der Waals surface area contributed by atoms with Crippen LogP contribution in [0.25, 0.3) is 0 Å². The predicted molar refractivity (Wildman–Crippen MR) is 110 cm³/mol. The fraction of sp³-hybridized carbons (Fsp3) is 0.190. The highest BCUT2D eigenvalue weighted by atomic mass is 35.5. The van der Waals surface area contributed by atoms with Crippen LogP contribution in [0.1, 0.15) is 21.5 Å². The molecule has 0 saturated heterocycles. The molecular weight excluding hydrogens is 376 g/mol. The maximum absolute atomic E-state index is 12.2. The van der Waals surface area contributed by atoms with Crippen LogP contribution >= 0.6 is 11.6 Å². The molecule has 28 heavy (non-hydrogen) atoms. The monoisotopic (exact) mass is 396 g/mol. The highest BCUT2D eigenvalue weighted by molar-refractivity contribution is 6.30. The van der Waals surface area contributed by atoms with Crippen molar-refractivity contribution in [2.24, 2.45) is 0 Å². The Labute approximate surface area is 168 Å². The normalized spacial score (nSPS) is 10.4. The lowest BCUT2D eigenvalue weighted by molar-refractivity contribution is 0.0950. The number of aromatic nitrogens is 2. The summed E-state index contributed by atoms with van der Waals surface area (Å²) >= 11 is 5.85. The van der Waals surface area contributed by atoms with Crippen molar-refractivity contribution in [1.29, 1.82) is 0 Å². The van der Waals surface area contributed by atoms with Crippen LogP contribution < -0.4 is 15.4 Å². The molecule has 0 fully saturated rings. The molecule has 0 bridgehead atoms. The third-order valence-electron chi connectivity index (χ3n) is 4.11. The van der Waals surface area contributed by atoms with E-state index in [2.05, 4.69) is 20.6 Å². The van der Waals surface area contributed by atoms with Gasteiger partial charge in [-0.1, -0.05) is 35.9 Å². The fourth-order valence-corrected chi connectivity index (χ4v) is 2.70. The zero-order valence-corrected chi connectivity index (χ0v) is 16.2. The lowest BCUT2D eigenvalue weighted by atomic mass is 10.1. The molecule has 0 unspecified atom stereocenters. The van der Waals surface area contributed by atoms with Crippen molar-refractivity contribution in [2.45, 2.75) is 13.0 Å². The number of anilines is 1. The Morgan fingerprint density at radius 2 is 1.82 bits per heavy atom. The number of amides is 1. The van der Waals surface area contributed by atoms with Gasteiger partial charge >= 0.3 is 0 Å². The SMILES string of the molecule is COc1cccc(CCNc2ncc(C(=O)NCc3ccc(Cl)cc3)cn2)c1. The van der Waals surface area contributed by atoms with E-state index >= 15 is 0 Å². The van der Waals surface area contributed by atoms with E-state index in [-0.39, 0.29) is 5.91 Å². The van der Waals surface area contributed by atoms with E-state index in [0.29, 0.717) is 29.6 Å². The number of halogens is 1. The van der Waals surface area contributed by atoms with Crippen LogP contribution in [0.15, 0.2) is 60.9 Å². The maximum atomic E-state index is 12.2. The van der Waals surface area contributed by atoms with Crippen LogP contribution in [0.3, 0.4) is 0 Å². The summed E-state index contributed by atoms with van der Waals surface area (Å²) in [7, 11) is 1.65. The number of ether oxygens (including phenoxy) is 1. The van der Waals surface area contributed by atoms with Gasteiger partial charge in [0.05, 0.1) is 12.7 Å². The van der Waals surface area contributed by atoms with Gasteiger partial charge in [0.15, 0.2) is 0 Å². The van der Waals surface area contributed by atoms with Crippen molar-refractivity contribution in [1.82, 2.24) is 15.3 Å². The van der Waals surface area contributed by atoms with Crippen LogP contribution in [0.2, 0.25) is 5.02 Å². The zero-order chi connectivity index (χ0) is 19.8. The average molecular weight is 397 g/mol. The molecule has 1 aromatic heterocycles. The number of benzene rings is 2.